The highest BCUT2D eigenvalue weighted by Gasteiger charge is 2.16. The molecule has 0 aromatic rings. The monoisotopic (exact) mass is 221 g/mol. The van der Waals surface area contributed by atoms with Crippen molar-refractivity contribution in [3.63, 3.8) is 0 Å². The minimum atomic E-state index is -0.249. The van der Waals surface area contributed by atoms with Gasteiger partial charge in [0, 0.05) is 35.1 Å². The van der Waals surface area contributed by atoms with Crippen molar-refractivity contribution in [1.82, 2.24) is 5.32 Å². The van der Waals surface area contributed by atoms with Crippen LogP contribution in [0.15, 0.2) is 0 Å². The van der Waals surface area contributed by atoms with Crippen LogP contribution in [0.1, 0.15) is 13.8 Å². The van der Waals surface area contributed by atoms with Crippen molar-refractivity contribution in [3.8, 4) is 0 Å². The molecule has 1 fully saturated rings. The summed E-state index contributed by atoms with van der Waals surface area (Å²) in [6.07, 6.45) is -0.249. The molecule has 1 aliphatic rings. The predicted molar refractivity (Wildman–Crippen MR) is 62.7 cm³/mol. The highest BCUT2D eigenvalue weighted by molar-refractivity contribution is 8.06. The zero-order valence-corrected chi connectivity index (χ0v) is 9.96. The Morgan fingerprint density at radius 1 is 1.46 bits per heavy atom. The first-order valence-electron chi connectivity index (χ1n) is 4.81. The molecule has 0 aromatic carbocycles. The molecule has 0 spiro atoms. The van der Waals surface area contributed by atoms with Crippen molar-refractivity contribution in [1.29, 1.82) is 0 Å². The van der Waals surface area contributed by atoms with E-state index in [1.165, 1.54) is 17.3 Å². The van der Waals surface area contributed by atoms with E-state index in [4.69, 9.17) is 0 Å². The minimum Gasteiger partial charge on any atom is -0.392 e. The molecule has 3 atom stereocenters. The lowest BCUT2D eigenvalue weighted by atomic mass is 10.2. The number of hydrogen-bond donors (Lipinski definition) is 2. The molecule has 1 heterocycles. The van der Waals surface area contributed by atoms with E-state index in [9.17, 15) is 5.11 Å². The maximum Gasteiger partial charge on any atom is 0.0662 e. The lowest BCUT2D eigenvalue weighted by molar-refractivity contribution is 0.153. The van der Waals surface area contributed by atoms with Gasteiger partial charge in [0.25, 0.3) is 0 Å². The van der Waals surface area contributed by atoms with Crippen LogP contribution in [-0.4, -0.2) is 46.3 Å². The smallest absolute Gasteiger partial charge is 0.0662 e. The first kappa shape index (κ1) is 11.7. The van der Waals surface area contributed by atoms with Crippen LogP contribution in [0.5, 0.6) is 0 Å². The summed E-state index contributed by atoms with van der Waals surface area (Å²) in [4.78, 5) is 0. The van der Waals surface area contributed by atoms with Crippen molar-refractivity contribution in [3.05, 3.63) is 0 Å². The van der Waals surface area contributed by atoms with Crippen LogP contribution >= 0.6 is 23.5 Å². The number of rotatable bonds is 4. The van der Waals surface area contributed by atoms with Gasteiger partial charge in [0.15, 0.2) is 0 Å². The van der Waals surface area contributed by atoms with E-state index in [2.05, 4.69) is 17.1 Å². The Kier molecular flexibility index (Phi) is 5.55. The van der Waals surface area contributed by atoms with Crippen molar-refractivity contribution in [2.75, 3.05) is 23.8 Å². The Morgan fingerprint density at radius 3 is 2.77 bits per heavy atom. The SMILES string of the molecule is CC(O)C(C)NCC1CSCCS1. The molecule has 78 valence electrons. The number of aliphatic hydroxyl groups excluding tert-OH is 1. The zero-order chi connectivity index (χ0) is 9.68. The van der Waals surface area contributed by atoms with Crippen LogP contribution in [0.3, 0.4) is 0 Å². The molecule has 0 aliphatic carbocycles. The van der Waals surface area contributed by atoms with Crippen LogP contribution < -0.4 is 5.32 Å². The fourth-order valence-electron chi connectivity index (χ4n) is 1.14. The summed E-state index contributed by atoms with van der Waals surface area (Å²) >= 11 is 4.09. The molecule has 13 heavy (non-hydrogen) atoms. The van der Waals surface area contributed by atoms with E-state index in [1.807, 2.05) is 25.6 Å². The van der Waals surface area contributed by atoms with Crippen molar-refractivity contribution in [2.24, 2.45) is 0 Å². The van der Waals surface area contributed by atoms with Crippen LogP contribution in [0.25, 0.3) is 0 Å². The summed E-state index contributed by atoms with van der Waals surface area (Å²) in [5, 5.41) is 13.4. The summed E-state index contributed by atoms with van der Waals surface area (Å²) < 4.78 is 0. The second kappa shape index (κ2) is 6.17. The van der Waals surface area contributed by atoms with Crippen molar-refractivity contribution >= 4 is 23.5 Å². The van der Waals surface area contributed by atoms with Gasteiger partial charge in [-0.3, -0.25) is 0 Å². The van der Waals surface area contributed by atoms with E-state index >= 15 is 0 Å². The van der Waals surface area contributed by atoms with Crippen LogP contribution in [0.4, 0.5) is 0 Å². The van der Waals surface area contributed by atoms with Gasteiger partial charge in [-0.15, -0.1) is 0 Å². The summed E-state index contributed by atoms with van der Waals surface area (Å²) in [6.45, 7) is 4.90. The normalized spacial score (nSPS) is 28.4. The summed E-state index contributed by atoms with van der Waals surface area (Å²) in [6, 6.07) is 0.215. The van der Waals surface area contributed by atoms with Gasteiger partial charge in [0.2, 0.25) is 0 Å². The lowest BCUT2D eigenvalue weighted by Gasteiger charge is -2.24. The Labute approximate surface area is 89.2 Å². The number of aliphatic hydroxyl groups is 1. The maximum absolute atomic E-state index is 9.28. The molecule has 2 N–H and O–H groups in total. The van der Waals surface area contributed by atoms with E-state index < -0.39 is 0 Å². The quantitative estimate of drug-likeness (QED) is 0.747. The number of thioether (sulfide) groups is 2. The fraction of sp³-hybridized carbons (Fsp3) is 1.00. The predicted octanol–water partition coefficient (Wildman–Crippen LogP) is 1.19. The van der Waals surface area contributed by atoms with Crippen LogP contribution in [-0.2, 0) is 0 Å². The fourth-order valence-corrected chi connectivity index (χ4v) is 3.77. The third-order valence-corrected chi connectivity index (χ3v) is 5.12. The van der Waals surface area contributed by atoms with Gasteiger partial charge in [-0.2, -0.15) is 23.5 Å². The zero-order valence-electron chi connectivity index (χ0n) is 8.32. The van der Waals surface area contributed by atoms with Gasteiger partial charge in [0.05, 0.1) is 6.10 Å². The summed E-state index contributed by atoms with van der Waals surface area (Å²) in [5.74, 6) is 3.83. The third-order valence-electron chi connectivity index (χ3n) is 2.28. The second-order valence-electron chi connectivity index (χ2n) is 3.51. The van der Waals surface area contributed by atoms with Gasteiger partial charge in [-0.05, 0) is 13.8 Å². The maximum atomic E-state index is 9.28. The van der Waals surface area contributed by atoms with Crippen LogP contribution in [0, 0.1) is 0 Å². The second-order valence-corrected chi connectivity index (χ2v) is 6.06. The average molecular weight is 221 g/mol. The summed E-state index contributed by atoms with van der Waals surface area (Å²) in [5.41, 5.74) is 0. The molecule has 1 aliphatic heterocycles. The molecule has 4 heteroatoms. The van der Waals surface area contributed by atoms with Gasteiger partial charge >= 0.3 is 0 Å². The largest absolute Gasteiger partial charge is 0.392 e. The van der Waals surface area contributed by atoms with E-state index in [0.717, 1.165) is 11.8 Å². The molecule has 0 saturated carbocycles. The topological polar surface area (TPSA) is 32.3 Å². The molecule has 0 amide bonds. The number of nitrogens with one attached hydrogen (secondary N) is 1. The Morgan fingerprint density at radius 2 is 2.23 bits per heavy atom. The minimum absolute atomic E-state index is 0.215. The molecular weight excluding hydrogens is 202 g/mol. The van der Waals surface area contributed by atoms with Gasteiger partial charge in [0.1, 0.15) is 0 Å². The molecule has 3 unspecified atom stereocenters. The van der Waals surface area contributed by atoms with E-state index in [1.54, 1.807) is 0 Å². The van der Waals surface area contributed by atoms with Crippen LogP contribution in [0.2, 0.25) is 0 Å². The molecule has 1 rings (SSSR count). The molecular formula is C9H19NOS2. The van der Waals surface area contributed by atoms with Crippen molar-refractivity contribution in [2.45, 2.75) is 31.2 Å². The lowest BCUT2D eigenvalue weighted by Crippen LogP contribution is -2.40. The van der Waals surface area contributed by atoms with Gasteiger partial charge < -0.3 is 10.4 Å². The molecule has 0 aromatic heterocycles. The first-order valence-corrected chi connectivity index (χ1v) is 7.01. The Balaban J connectivity index is 2.10. The van der Waals surface area contributed by atoms with Gasteiger partial charge in [-0.1, -0.05) is 0 Å². The van der Waals surface area contributed by atoms with Crippen molar-refractivity contribution < 1.29 is 5.11 Å². The number of hydrogen-bond acceptors (Lipinski definition) is 4. The van der Waals surface area contributed by atoms with Gasteiger partial charge in [-0.25, -0.2) is 0 Å². The molecule has 0 radical (unpaired) electrons. The molecule has 1 saturated heterocycles. The average Bonchev–Trinajstić information content (AvgIpc) is 2.15. The Hall–Kier alpha value is 0.620. The van der Waals surface area contributed by atoms with E-state index in [0.29, 0.717) is 0 Å². The van der Waals surface area contributed by atoms with E-state index in [-0.39, 0.29) is 12.1 Å². The highest BCUT2D eigenvalue weighted by Crippen LogP contribution is 2.23. The Bertz CT molecular complexity index is 138. The third kappa shape index (κ3) is 4.58. The standard InChI is InChI=1S/C9H19NOS2/c1-7(8(2)11)10-5-9-6-12-3-4-13-9/h7-11H,3-6H2,1-2H3. The highest BCUT2D eigenvalue weighted by atomic mass is 32.2. The molecule has 0 bridgehead atoms. The summed E-state index contributed by atoms with van der Waals surface area (Å²) in [7, 11) is 0. The first-order chi connectivity index (χ1) is 6.20. The molecule has 2 nitrogen and oxygen atoms in total.